The first-order chi connectivity index (χ1) is 6.71. The molecule has 4 nitrogen and oxygen atoms in total. The van der Waals surface area contributed by atoms with Crippen LogP contribution in [-0.4, -0.2) is 42.8 Å². The highest BCUT2D eigenvalue weighted by atomic mass is 16.4. The maximum absolute atomic E-state index is 9.86. The Labute approximate surface area is 96.9 Å². The summed E-state index contributed by atoms with van der Waals surface area (Å²) in [7, 11) is 0. The fourth-order valence-electron chi connectivity index (χ4n) is 0.549. The lowest BCUT2D eigenvalue weighted by Crippen LogP contribution is -2.49. The molecule has 0 aliphatic rings. The van der Waals surface area contributed by atoms with Crippen molar-refractivity contribution in [3.05, 3.63) is 0 Å². The van der Waals surface area contributed by atoms with Crippen molar-refractivity contribution in [1.29, 1.82) is 0 Å². The first-order valence-electron chi connectivity index (χ1n) is 5.14. The van der Waals surface area contributed by atoms with E-state index in [2.05, 4.69) is 11.8 Å². The van der Waals surface area contributed by atoms with E-state index in [-0.39, 0.29) is 0 Å². The van der Waals surface area contributed by atoms with Crippen molar-refractivity contribution in [2.45, 2.75) is 63.9 Å². The molecular formula is C12H22O4. The van der Waals surface area contributed by atoms with E-state index in [0.717, 1.165) is 0 Å². The van der Waals surface area contributed by atoms with Crippen molar-refractivity contribution >= 4 is 0 Å². The minimum atomic E-state index is -1.66. The van der Waals surface area contributed by atoms with Crippen molar-refractivity contribution in [3.8, 4) is 11.8 Å². The lowest BCUT2D eigenvalue weighted by atomic mass is 9.84. The number of aliphatic hydroxyl groups is 4. The SMILES string of the molecule is CC(C)(O)[C@@](C)(O)C#C[C@@](C)(O)C(C)(C)O. The highest BCUT2D eigenvalue weighted by Crippen LogP contribution is 2.23. The van der Waals surface area contributed by atoms with E-state index in [9.17, 15) is 20.4 Å². The Morgan fingerprint density at radius 1 is 0.562 bits per heavy atom. The summed E-state index contributed by atoms with van der Waals surface area (Å²) in [5, 5.41) is 39.0. The van der Waals surface area contributed by atoms with Crippen LogP contribution < -0.4 is 0 Å². The minimum absolute atomic E-state index is 1.35. The van der Waals surface area contributed by atoms with Crippen LogP contribution in [0.25, 0.3) is 0 Å². The molecule has 0 aliphatic carbocycles. The zero-order valence-corrected chi connectivity index (χ0v) is 10.8. The lowest BCUT2D eigenvalue weighted by molar-refractivity contribution is -0.0891. The number of hydrogen-bond donors (Lipinski definition) is 4. The minimum Gasteiger partial charge on any atom is -0.386 e. The Bertz CT molecular complexity index is 275. The summed E-state index contributed by atoms with van der Waals surface area (Å²) in [6, 6.07) is 0. The summed E-state index contributed by atoms with van der Waals surface area (Å²) in [5.41, 5.74) is -6.17. The van der Waals surface area contributed by atoms with Gasteiger partial charge in [0.25, 0.3) is 0 Å². The van der Waals surface area contributed by atoms with Gasteiger partial charge in [-0.3, -0.25) is 0 Å². The number of rotatable bonds is 2. The molecular weight excluding hydrogens is 208 g/mol. The van der Waals surface area contributed by atoms with Gasteiger partial charge in [-0.05, 0) is 41.5 Å². The first kappa shape index (κ1) is 15.4. The molecule has 0 unspecified atom stereocenters. The molecule has 0 rings (SSSR count). The van der Waals surface area contributed by atoms with Crippen LogP contribution in [0.1, 0.15) is 41.5 Å². The van der Waals surface area contributed by atoms with Crippen molar-refractivity contribution in [2.75, 3.05) is 0 Å². The van der Waals surface area contributed by atoms with Crippen LogP contribution in [0.3, 0.4) is 0 Å². The van der Waals surface area contributed by atoms with Gasteiger partial charge >= 0.3 is 0 Å². The topological polar surface area (TPSA) is 80.9 Å². The van der Waals surface area contributed by atoms with E-state index in [1.807, 2.05) is 0 Å². The third-order valence-corrected chi connectivity index (χ3v) is 2.93. The van der Waals surface area contributed by atoms with E-state index in [0.29, 0.717) is 0 Å². The third-order valence-electron chi connectivity index (χ3n) is 2.93. The molecule has 0 saturated heterocycles. The molecule has 0 heterocycles. The zero-order valence-electron chi connectivity index (χ0n) is 10.8. The molecule has 4 N–H and O–H groups in total. The van der Waals surface area contributed by atoms with Crippen LogP contribution in [0.15, 0.2) is 0 Å². The molecule has 0 saturated carbocycles. The quantitative estimate of drug-likeness (QED) is 0.505. The molecule has 0 aliphatic heterocycles. The van der Waals surface area contributed by atoms with Crippen LogP contribution in [0.2, 0.25) is 0 Å². The predicted molar refractivity (Wildman–Crippen MR) is 61.6 cm³/mol. The Morgan fingerprint density at radius 2 is 0.750 bits per heavy atom. The normalized spacial score (nSPS) is 20.4. The molecule has 2 atom stereocenters. The number of hydrogen-bond acceptors (Lipinski definition) is 4. The molecule has 4 heteroatoms. The van der Waals surface area contributed by atoms with Gasteiger partial charge in [-0.15, -0.1) is 0 Å². The largest absolute Gasteiger partial charge is 0.386 e. The van der Waals surface area contributed by atoms with Crippen molar-refractivity contribution < 1.29 is 20.4 Å². The Morgan fingerprint density at radius 3 is 0.875 bits per heavy atom. The van der Waals surface area contributed by atoms with E-state index >= 15 is 0 Å². The van der Waals surface area contributed by atoms with E-state index in [4.69, 9.17) is 0 Å². The van der Waals surface area contributed by atoms with Gasteiger partial charge in [0.15, 0.2) is 11.2 Å². The standard InChI is InChI=1S/C12H22O4/c1-9(2,13)11(5,15)7-8-12(6,16)10(3,4)14/h13-16H,1-6H3/t11-,12+. The summed E-state index contributed by atoms with van der Waals surface area (Å²) in [6.45, 7) is 8.36. The Balaban J connectivity index is 5.17. The van der Waals surface area contributed by atoms with Gasteiger partial charge in [0.2, 0.25) is 0 Å². The van der Waals surface area contributed by atoms with Crippen LogP contribution in [0.4, 0.5) is 0 Å². The molecule has 0 radical (unpaired) electrons. The molecule has 94 valence electrons. The van der Waals surface area contributed by atoms with Crippen LogP contribution in [0, 0.1) is 11.8 Å². The average Bonchev–Trinajstić information content (AvgIpc) is 1.97. The second-order valence-corrected chi connectivity index (χ2v) is 5.51. The van der Waals surface area contributed by atoms with Crippen LogP contribution in [-0.2, 0) is 0 Å². The monoisotopic (exact) mass is 230 g/mol. The van der Waals surface area contributed by atoms with Gasteiger partial charge in [0.1, 0.15) is 0 Å². The third kappa shape index (κ3) is 3.46. The van der Waals surface area contributed by atoms with Gasteiger partial charge in [-0.1, -0.05) is 11.8 Å². The van der Waals surface area contributed by atoms with Crippen molar-refractivity contribution in [3.63, 3.8) is 0 Å². The summed E-state index contributed by atoms with van der Waals surface area (Å²) in [6.07, 6.45) is 0. The van der Waals surface area contributed by atoms with Crippen molar-refractivity contribution in [1.82, 2.24) is 0 Å². The fourth-order valence-corrected chi connectivity index (χ4v) is 0.549. The Kier molecular flexibility index (Phi) is 3.86. The highest BCUT2D eigenvalue weighted by molar-refractivity contribution is 5.25. The lowest BCUT2D eigenvalue weighted by Gasteiger charge is -2.33. The summed E-state index contributed by atoms with van der Waals surface area (Å²) in [5.74, 6) is 4.78. The van der Waals surface area contributed by atoms with Gasteiger partial charge in [-0.25, -0.2) is 0 Å². The molecule has 16 heavy (non-hydrogen) atoms. The average molecular weight is 230 g/mol. The molecule has 0 amide bonds. The zero-order chi connectivity index (χ0) is 13.4. The molecule has 0 aromatic rings. The maximum atomic E-state index is 9.86. The highest BCUT2D eigenvalue weighted by Gasteiger charge is 2.39. The molecule has 0 spiro atoms. The molecule has 0 aromatic heterocycles. The van der Waals surface area contributed by atoms with Crippen LogP contribution in [0.5, 0.6) is 0 Å². The second-order valence-electron chi connectivity index (χ2n) is 5.51. The summed E-state index contributed by atoms with van der Waals surface area (Å²) >= 11 is 0. The van der Waals surface area contributed by atoms with Crippen LogP contribution >= 0.6 is 0 Å². The Hall–Kier alpha value is -0.600. The van der Waals surface area contributed by atoms with Gasteiger partial charge in [0, 0.05) is 0 Å². The van der Waals surface area contributed by atoms with E-state index < -0.39 is 22.4 Å². The summed E-state index contributed by atoms with van der Waals surface area (Å²) in [4.78, 5) is 0. The molecule has 0 bridgehead atoms. The van der Waals surface area contributed by atoms with E-state index in [1.54, 1.807) is 0 Å². The maximum Gasteiger partial charge on any atom is 0.150 e. The smallest absolute Gasteiger partial charge is 0.150 e. The first-order valence-corrected chi connectivity index (χ1v) is 5.14. The summed E-state index contributed by atoms with van der Waals surface area (Å²) < 4.78 is 0. The van der Waals surface area contributed by atoms with Gasteiger partial charge in [0.05, 0.1) is 11.2 Å². The molecule has 0 aromatic carbocycles. The van der Waals surface area contributed by atoms with Gasteiger partial charge in [-0.2, -0.15) is 0 Å². The van der Waals surface area contributed by atoms with Crippen molar-refractivity contribution in [2.24, 2.45) is 0 Å². The fraction of sp³-hybridized carbons (Fsp3) is 0.833. The second kappa shape index (κ2) is 4.01. The van der Waals surface area contributed by atoms with Gasteiger partial charge < -0.3 is 20.4 Å². The predicted octanol–water partition coefficient (Wildman–Crippen LogP) is 0.0336. The molecule has 0 fully saturated rings. The van der Waals surface area contributed by atoms with E-state index in [1.165, 1.54) is 41.5 Å².